The Morgan fingerprint density at radius 1 is 0.248 bits per heavy atom. The molecule has 0 aromatic carbocycles. The van der Waals surface area contributed by atoms with Gasteiger partial charge in [0.25, 0.3) is 0 Å². The fourth-order valence-electron chi connectivity index (χ4n) is 12.1. The minimum Gasteiger partial charge on any atom is -0.463 e. The molecule has 0 aromatic heterocycles. The Labute approximate surface area is 689 Å². The van der Waals surface area contributed by atoms with Crippen molar-refractivity contribution in [3.63, 3.8) is 0 Å². The van der Waals surface area contributed by atoms with Gasteiger partial charge in [-0.05, 0) is 141 Å². The molecule has 0 aliphatic rings. The van der Waals surface area contributed by atoms with Gasteiger partial charge in [0.1, 0.15) is 25.4 Å². The van der Waals surface area contributed by atoms with Crippen molar-refractivity contribution >= 4 is 33.6 Å². The molecule has 0 bridgehead atoms. The van der Waals surface area contributed by atoms with Crippen LogP contribution in [0.4, 0.5) is 0 Å². The second kappa shape index (κ2) is 86.5. The number of esters is 3. The first-order chi connectivity index (χ1) is 55.2. The summed E-state index contributed by atoms with van der Waals surface area (Å²) in [7, 11) is -9.81. The van der Waals surface area contributed by atoms with Crippen LogP contribution in [-0.2, 0) is 55.8 Å². The lowest BCUT2D eigenvalue weighted by molar-refractivity contribution is -0.161. The smallest absolute Gasteiger partial charge is 0.463 e. The Balaban J connectivity index is 4.43. The fourth-order valence-corrected chi connectivity index (χ4v) is 13.6. The molecule has 0 spiro atoms. The van der Waals surface area contributed by atoms with Gasteiger partial charge in [0.2, 0.25) is 0 Å². The van der Waals surface area contributed by atoms with Gasteiger partial charge in [0.05, 0.1) is 26.4 Å². The Kier molecular flexibility index (Phi) is 82.8. The minimum absolute atomic E-state index is 0.0818. The topological polar surface area (TPSA) is 231 Å². The summed E-state index contributed by atoms with van der Waals surface area (Å²) >= 11 is 0. The molecule has 0 amide bonds. The third-order valence-corrected chi connectivity index (χ3v) is 20.6. The van der Waals surface area contributed by atoms with Crippen LogP contribution < -0.4 is 0 Å². The van der Waals surface area contributed by atoms with Gasteiger partial charge in [-0.3, -0.25) is 32.5 Å². The molecular weight excluding hydrogens is 1460 g/mol. The molecule has 0 aliphatic carbocycles. The molecule has 0 saturated heterocycles. The van der Waals surface area contributed by atoms with E-state index in [0.29, 0.717) is 19.3 Å². The number of aliphatic hydroxyl groups excluding tert-OH is 2. The molecule has 0 fully saturated rings. The number of rotatable bonds is 84. The highest BCUT2D eigenvalue weighted by atomic mass is 31.2. The number of allylic oxidation sites excluding steroid dienone is 26. The number of aliphatic hydroxyl groups is 2. The molecule has 0 saturated carbocycles. The minimum atomic E-state index is -4.94. The third kappa shape index (κ3) is 87.8. The van der Waals surface area contributed by atoms with Gasteiger partial charge in [0, 0.05) is 19.3 Å². The van der Waals surface area contributed by atoms with Gasteiger partial charge in [-0.25, -0.2) is 9.13 Å². The van der Waals surface area contributed by atoms with E-state index in [-0.39, 0.29) is 19.3 Å². The molecule has 4 N–H and O–H groups in total. The summed E-state index contributed by atoms with van der Waals surface area (Å²) < 4.78 is 61.3. The van der Waals surface area contributed by atoms with E-state index in [0.717, 1.165) is 167 Å². The first-order valence-electron chi connectivity index (χ1n) is 44.8. The molecule has 5 atom stereocenters. The highest BCUT2D eigenvalue weighted by Gasteiger charge is 2.29. The molecule has 0 aromatic rings. The standard InChI is InChI=1S/C95H162O16P2/c1-4-7-10-13-16-19-22-25-28-30-32-34-36-38-40-41-42-43-44-45-46-47-49-51-52-54-56-58-61-63-66-69-72-75-78-81-93(98)105-84-90(96)85-107-112(101,102)108-86-91(97)87-109-113(103,104)110-89-92(111-95(100)83-80-77-74-71-68-65-60-27-24-21-18-15-12-9-6-3)88-106-94(99)82-79-76-73-70-67-64-62-59-57-55-53-50-48-39-37-35-33-31-29-26-23-20-17-14-11-8-5-2/h7-12,16-21,25-29,32-35,38-40,48,60,90-92,96-97H,4-6,13-15,22-24,30-31,36-37,41-47,49-59,61-89H2,1-3H3,(H,101,102)(H,103,104)/b10-7-,11-8-,12-9-,19-16-,20-17-,21-18-,28-25-,29-26-,34-32-,35-33-,40-38-,48-39-,60-27-. The zero-order chi connectivity index (χ0) is 82.2. The first-order valence-corrected chi connectivity index (χ1v) is 47.8. The Bertz CT molecular complexity index is 2680. The van der Waals surface area contributed by atoms with E-state index in [2.05, 4.69) is 179 Å². The maximum absolute atomic E-state index is 13.0. The molecule has 113 heavy (non-hydrogen) atoms. The van der Waals surface area contributed by atoms with E-state index < -0.39 is 91.5 Å². The van der Waals surface area contributed by atoms with Crippen molar-refractivity contribution in [2.24, 2.45) is 0 Å². The zero-order valence-electron chi connectivity index (χ0n) is 71.3. The highest BCUT2D eigenvalue weighted by Crippen LogP contribution is 2.45. The predicted molar refractivity (Wildman–Crippen MR) is 472 cm³/mol. The summed E-state index contributed by atoms with van der Waals surface area (Å²) in [6.07, 6.45) is 110. The summed E-state index contributed by atoms with van der Waals surface area (Å²) in [6.45, 7) is 2.35. The van der Waals surface area contributed by atoms with Gasteiger partial charge in [-0.1, -0.05) is 365 Å². The summed E-state index contributed by atoms with van der Waals surface area (Å²) in [4.78, 5) is 58.8. The van der Waals surface area contributed by atoms with Crippen molar-refractivity contribution in [2.45, 2.75) is 386 Å². The van der Waals surface area contributed by atoms with Crippen LogP contribution in [0.1, 0.15) is 367 Å². The van der Waals surface area contributed by atoms with Crippen LogP contribution in [-0.4, -0.2) is 95.9 Å². The Hall–Kier alpha value is -4.83. The molecule has 18 heteroatoms. The highest BCUT2D eigenvalue weighted by molar-refractivity contribution is 7.47. The van der Waals surface area contributed by atoms with Crippen molar-refractivity contribution in [3.05, 3.63) is 158 Å². The molecule has 0 aliphatic heterocycles. The Morgan fingerprint density at radius 2 is 0.442 bits per heavy atom. The van der Waals surface area contributed by atoms with E-state index in [4.69, 9.17) is 32.3 Å². The third-order valence-electron chi connectivity index (χ3n) is 18.7. The van der Waals surface area contributed by atoms with Gasteiger partial charge >= 0.3 is 33.6 Å². The molecule has 16 nitrogen and oxygen atoms in total. The van der Waals surface area contributed by atoms with Crippen molar-refractivity contribution in [2.75, 3.05) is 39.6 Å². The normalized spacial score (nSPS) is 14.6. The van der Waals surface area contributed by atoms with E-state index >= 15 is 0 Å². The SMILES string of the molecule is CC/C=C\C/C=C\C/C=C\C/C=C\C/C=C\CCCCCCCCCCCCCCCCCCCCCC(=O)OCC(O)COP(=O)(O)OCC(O)COP(=O)(O)OCC(COC(=O)CCCCCCCCCCCCC/C=C\C/C=C\C/C=C\C/C=C\C/C=C\CC)OC(=O)CCCCCCC/C=C\C/C=C\C/C=C\CC. The molecule has 0 radical (unpaired) electrons. The number of phosphoric ester groups is 2. The lowest BCUT2D eigenvalue weighted by Gasteiger charge is -2.21. The van der Waals surface area contributed by atoms with Gasteiger partial charge in [-0.2, -0.15) is 0 Å². The largest absolute Gasteiger partial charge is 0.472 e. The van der Waals surface area contributed by atoms with E-state index in [9.17, 15) is 43.5 Å². The van der Waals surface area contributed by atoms with Crippen LogP contribution in [0.2, 0.25) is 0 Å². The average Bonchev–Trinajstić information content (AvgIpc) is 0.904. The second-order valence-corrected chi connectivity index (χ2v) is 32.5. The molecule has 0 heterocycles. The quantitative estimate of drug-likeness (QED) is 0.0146. The number of unbranched alkanes of at least 4 members (excludes halogenated alkanes) is 35. The van der Waals surface area contributed by atoms with E-state index in [1.165, 1.54) is 141 Å². The summed E-state index contributed by atoms with van der Waals surface area (Å²) in [6, 6.07) is 0. The number of carbonyl (C=O) groups is 3. The van der Waals surface area contributed by atoms with Crippen LogP contribution in [0.5, 0.6) is 0 Å². The average molecular weight is 1620 g/mol. The number of hydrogen-bond donors (Lipinski definition) is 4. The van der Waals surface area contributed by atoms with E-state index in [1.54, 1.807) is 0 Å². The second-order valence-electron chi connectivity index (χ2n) is 29.6. The van der Waals surface area contributed by atoms with E-state index in [1.807, 2.05) is 0 Å². The number of hydrogen-bond acceptors (Lipinski definition) is 14. The van der Waals surface area contributed by atoms with Crippen molar-refractivity contribution in [1.82, 2.24) is 0 Å². The summed E-state index contributed by atoms with van der Waals surface area (Å²) in [5.41, 5.74) is 0. The summed E-state index contributed by atoms with van der Waals surface area (Å²) in [5, 5.41) is 20.7. The number of ether oxygens (including phenoxy) is 3. The van der Waals surface area contributed by atoms with Crippen molar-refractivity contribution in [1.29, 1.82) is 0 Å². The maximum Gasteiger partial charge on any atom is 0.472 e. The Morgan fingerprint density at radius 3 is 0.699 bits per heavy atom. The lowest BCUT2D eigenvalue weighted by Crippen LogP contribution is -2.30. The van der Waals surface area contributed by atoms with Crippen molar-refractivity contribution in [3.8, 4) is 0 Å². The van der Waals surface area contributed by atoms with Crippen LogP contribution in [0.25, 0.3) is 0 Å². The lowest BCUT2D eigenvalue weighted by atomic mass is 10.0. The maximum atomic E-state index is 13.0. The number of phosphoric acid groups is 2. The monoisotopic (exact) mass is 1620 g/mol. The van der Waals surface area contributed by atoms with Gasteiger partial charge in [-0.15, -0.1) is 0 Å². The molecular formula is C95H162O16P2. The van der Waals surface area contributed by atoms with Crippen LogP contribution in [0, 0.1) is 0 Å². The van der Waals surface area contributed by atoms with Gasteiger partial charge in [0.15, 0.2) is 6.10 Å². The van der Waals surface area contributed by atoms with Crippen LogP contribution in [0.3, 0.4) is 0 Å². The van der Waals surface area contributed by atoms with Crippen LogP contribution >= 0.6 is 15.6 Å². The predicted octanol–water partition coefficient (Wildman–Crippen LogP) is 27.3. The van der Waals surface area contributed by atoms with Crippen molar-refractivity contribution < 1.29 is 75.8 Å². The first kappa shape index (κ1) is 108. The molecule has 5 unspecified atom stereocenters. The molecule has 648 valence electrons. The number of carbonyl (C=O) groups excluding carboxylic acids is 3. The summed E-state index contributed by atoms with van der Waals surface area (Å²) in [5.74, 6) is -1.59. The fraction of sp³-hybridized carbons (Fsp3) is 0.695. The van der Waals surface area contributed by atoms with Gasteiger partial charge < -0.3 is 34.2 Å². The molecule has 0 rings (SSSR count). The van der Waals surface area contributed by atoms with Crippen LogP contribution in [0.15, 0.2) is 158 Å². The zero-order valence-corrected chi connectivity index (χ0v) is 73.0.